The molecule has 1 aromatic carbocycles. The fourth-order valence-electron chi connectivity index (χ4n) is 2.88. The van der Waals surface area contributed by atoms with Crippen LogP contribution in [0.4, 0.5) is 0 Å². The molecule has 0 amide bonds. The van der Waals surface area contributed by atoms with Gasteiger partial charge < -0.3 is 5.73 Å². The lowest BCUT2D eigenvalue weighted by Gasteiger charge is -2.16. The second-order valence-corrected chi connectivity index (χ2v) is 5.81. The van der Waals surface area contributed by atoms with Gasteiger partial charge in [0.2, 0.25) is 0 Å². The zero-order chi connectivity index (χ0) is 14.9. The first-order chi connectivity index (χ1) is 9.40. The highest BCUT2D eigenvalue weighted by atomic mass is 15.3. The Hall–Kier alpha value is -1.61. The molecule has 0 radical (unpaired) electrons. The summed E-state index contributed by atoms with van der Waals surface area (Å²) < 4.78 is 1.94. The van der Waals surface area contributed by atoms with Crippen molar-refractivity contribution in [3.63, 3.8) is 0 Å². The lowest BCUT2D eigenvalue weighted by molar-refractivity contribution is 0.654. The molecule has 2 N–H and O–H groups in total. The minimum atomic E-state index is 0.136. The second-order valence-electron chi connectivity index (χ2n) is 5.81. The van der Waals surface area contributed by atoms with Gasteiger partial charge in [0.05, 0.1) is 5.69 Å². The van der Waals surface area contributed by atoms with Gasteiger partial charge in [-0.1, -0.05) is 18.2 Å². The first-order valence-electron chi connectivity index (χ1n) is 7.20. The number of nitrogens with two attached hydrogens (primary N) is 1. The van der Waals surface area contributed by atoms with Gasteiger partial charge in [0.15, 0.2) is 0 Å². The Kier molecular flexibility index (Phi) is 4.29. The molecule has 20 heavy (non-hydrogen) atoms. The van der Waals surface area contributed by atoms with E-state index in [0.29, 0.717) is 0 Å². The van der Waals surface area contributed by atoms with Crippen molar-refractivity contribution in [2.45, 2.75) is 46.6 Å². The number of benzene rings is 1. The summed E-state index contributed by atoms with van der Waals surface area (Å²) in [6.07, 6.45) is 1.81. The average Bonchev–Trinajstić information content (AvgIpc) is 2.61. The quantitative estimate of drug-likeness (QED) is 0.929. The molecule has 3 heteroatoms. The van der Waals surface area contributed by atoms with Gasteiger partial charge in [-0.15, -0.1) is 0 Å². The number of hydrogen-bond acceptors (Lipinski definition) is 2. The van der Waals surface area contributed by atoms with E-state index < -0.39 is 0 Å². The lowest BCUT2D eigenvalue weighted by Crippen LogP contribution is -2.26. The van der Waals surface area contributed by atoms with E-state index in [0.717, 1.165) is 18.5 Å². The summed E-state index contributed by atoms with van der Waals surface area (Å²) >= 11 is 0. The summed E-state index contributed by atoms with van der Waals surface area (Å²) in [5.74, 6) is 0. The third-order valence-electron chi connectivity index (χ3n) is 4.24. The predicted octanol–water partition coefficient (Wildman–Crippen LogP) is 2.77. The Morgan fingerprint density at radius 2 is 1.60 bits per heavy atom. The monoisotopic (exact) mass is 271 g/mol. The van der Waals surface area contributed by atoms with Crippen molar-refractivity contribution >= 4 is 0 Å². The van der Waals surface area contributed by atoms with Gasteiger partial charge in [0.1, 0.15) is 0 Å². The van der Waals surface area contributed by atoms with Gasteiger partial charge in [0, 0.05) is 18.8 Å². The minimum Gasteiger partial charge on any atom is -0.327 e. The zero-order valence-electron chi connectivity index (χ0n) is 13.2. The van der Waals surface area contributed by atoms with E-state index in [1.165, 1.54) is 27.9 Å². The van der Waals surface area contributed by atoms with Crippen LogP contribution in [0.1, 0.15) is 33.6 Å². The molecule has 2 rings (SSSR count). The van der Waals surface area contributed by atoms with E-state index in [4.69, 9.17) is 5.73 Å². The summed E-state index contributed by atoms with van der Waals surface area (Å²) in [6, 6.07) is 6.57. The highest BCUT2D eigenvalue weighted by molar-refractivity contribution is 5.34. The highest BCUT2D eigenvalue weighted by Crippen LogP contribution is 2.18. The number of aryl methyl sites for hydroxylation is 4. The van der Waals surface area contributed by atoms with E-state index in [1.54, 1.807) is 0 Å². The molecule has 0 saturated heterocycles. The molecule has 1 unspecified atom stereocenters. The van der Waals surface area contributed by atoms with Crippen LogP contribution in [-0.4, -0.2) is 15.8 Å². The highest BCUT2D eigenvalue weighted by Gasteiger charge is 2.15. The van der Waals surface area contributed by atoms with Crippen molar-refractivity contribution in [3.05, 3.63) is 51.8 Å². The predicted molar refractivity (Wildman–Crippen MR) is 84.0 cm³/mol. The first-order valence-corrected chi connectivity index (χ1v) is 7.20. The van der Waals surface area contributed by atoms with Crippen LogP contribution in [0.5, 0.6) is 0 Å². The van der Waals surface area contributed by atoms with E-state index in [1.807, 2.05) is 11.7 Å². The number of rotatable bonds is 4. The Morgan fingerprint density at radius 3 is 2.10 bits per heavy atom. The van der Waals surface area contributed by atoms with Crippen molar-refractivity contribution in [1.82, 2.24) is 9.78 Å². The fraction of sp³-hybridized carbons (Fsp3) is 0.471. The molecule has 0 aliphatic carbocycles. The maximum absolute atomic E-state index is 6.39. The van der Waals surface area contributed by atoms with Gasteiger partial charge in [-0.3, -0.25) is 4.68 Å². The number of aromatic nitrogens is 2. The van der Waals surface area contributed by atoms with Crippen LogP contribution in [-0.2, 0) is 19.9 Å². The van der Waals surface area contributed by atoms with Gasteiger partial charge >= 0.3 is 0 Å². The van der Waals surface area contributed by atoms with Gasteiger partial charge in [-0.2, -0.15) is 5.10 Å². The number of nitrogens with zero attached hydrogens (tertiary/aromatic N) is 2. The standard InChI is InChI=1S/C17H25N3/c1-11-7-6-8-12(2)16(11)9-15(18)10-17-13(3)19-20(5)14(17)4/h6-8,15H,9-10,18H2,1-5H3. The van der Waals surface area contributed by atoms with Crippen LogP contribution in [0.15, 0.2) is 18.2 Å². The van der Waals surface area contributed by atoms with Crippen LogP contribution in [0.25, 0.3) is 0 Å². The number of hydrogen-bond donors (Lipinski definition) is 1. The summed E-state index contributed by atoms with van der Waals surface area (Å²) in [5, 5.41) is 4.47. The lowest BCUT2D eigenvalue weighted by atomic mass is 9.93. The largest absolute Gasteiger partial charge is 0.327 e. The molecule has 3 nitrogen and oxygen atoms in total. The molecule has 0 bridgehead atoms. The van der Waals surface area contributed by atoms with Crippen LogP contribution in [0, 0.1) is 27.7 Å². The summed E-state index contributed by atoms with van der Waals surface area (Å²) in [5.41, 5.74) is 14.1. The van der Waals surface area contributed by atoms with Crippen molar-refractivity contribution in [1.29, 1.82) is 0 Å². The van der Waals surface area contributed by atoms with Crippen LogP contribution >= 0.6 is 0 Å². The summed E-state index contributed by atoms with van der Waals surface area (Å²) in [6.45, 7) is 8.50. The zero-order valence-corrected chi connectivity index (χ0v) is 13.2. The SMILES string of the molecule is Cc1cccc(C)c1CC(N)Cc1c(C)nn(C)c1C. The van der Waals surface area contributed by atoms with Crippen molar-refractivity contribution < 1.29 is 0 Å². The van der Waals surface area contributed by atoms with Gasteiger partial charge in [-0.25, -0.2) is 0 Å². The summed E-state index contributed by atoms with van der Waals surface area (Å²) in [4.78, 5) is 0. The molecule has 0 aliphatic heterocycles. The minimum absolute atomic E-state index is 0.136. The summed E-state index contributed by atoms with van der Waals surface area (Å²) in [7, 11) is 1.99. The van der Waals surface area contributed by atoms with E-state index >= 15 is 0 Å². The second kappa shape index (κ2) is 5.80. The Balaban J connectivity index is 2.15. The van der Waals surface area contributed by atoms with Gasteiger partial charge in [0.25, 0.3) is 0 Å². The third-order valence-corrected chi connectivity index (χ3v) is 4.24. The molecule has 0 spiro atoms. The van der Waals surface area contributed by atoms with Crippen LogP contribution < -0.4 is 5.73 Å². The molecule has 108 valence electrons. The Bertz CT molecular complexity index is 591. The molecule has 0 aliphatic rings. The smallest absolute Gasteiger partial charge is 0.0628 e. The molecule has 1 atom stereocenters. The molecule has 0 saturated carbocycles. The fourth-order valence-corrected chi connectivity index (χ4v) is 2.88. The molecule has 1 heterocycles. The molecule has 1 aromatic heterocycles. The van der Waals surface area contributed by atoms with Crippen molar-refractivity contribution in [2.24, 2.45) is 12.8 Å². The molecular weight excluding hydrogens is 246 g/mol. The average molecular weight is 271 g/mol. The van der Waals surface area contributed by atoms with Crippen molar-refractivity contribution in [3.8, 4) is 0 Å². The Labute approximate surface area is 121 Å². The van der Waals surface area contributed by atoms with Crippen molar-refractivity contribution in [2.75, 3.05) is 0 Å². The third kappa shape index (κ3) is 2.93. The maximum Gasteiger partial charge on any atom is 0.0628 e. The van der Waals surface area contributed by atoms with E-state index in [-0.39, 0.29) is 6.04 Å². The maximum atomic E-state index is 6.39. The van der Waals surface area contributed by atoms with E-state index in [2.05, 4.69) is 51.0 Å². The van der Waals surface area contributed by atoms with Crippen LogP contribution in [0.3, 0.4) is 0 Å². The topological polar surface area (TPSA) is 43.8 Å². The first kappa shape index (κ1) is 14.8. The molecular formula is C17H25N3. The van der Waals surface area contributed by atoms with Crippen LogP contribution in [0.2, 0.25) is 0 Å². The van der Waals surface area contributed by atoms with E-state index in [9.17, 15) is 0 Å². The Morgan fingerprint density at radius 1 is 1.05 bits per heavy atom. The van der Waals surface area contributed by atoms with Gasteiger partial charge in [-0.05, 0) is 62.8 Å². The molecule has 0 fully saturated rings. The normalized spacial score (nSPS) is 12.7. The molecule has 2 aromatic rings.